The lowest BCUT2D eigenvalue weighted by Crippen LogP contribution is -2.46. The van der Waals surface area contributed by atoms with Crippen molar-refractivity contribution in [3.63, 3.8) is 0 Å². The van der Waals surface area contributed by atoms with Crippen molar-refractivity contribution < 1.29 is 8.42 Å². The molecule has 1 N–H and O–H groups in total. The molecule has 2 aliphatic heterocycles. The van der Waals surface area contributed by atoms with E-state index in [9.17, 15) is 8.42 Å². The molecule has 20 heavy (non-hydrogen) atoms. The van der Waals surface area contributed by atoms with Gasteiger partial charge in [0.05, 0.1) is 5.75 Å². The van der Waals surface area contributed by atoms with Crippen molar-refractivity contribution in [2.45, 2.75) is 38.6 Å². The van der Waals surface area contributed by atoms with E-state index in [1.807, 2.05) is 0 Å². The molecule has 2 saturated heterocycles. The first-order valence-electron chi connectivity index (χ1n) is 7.91. The number of likely N-dealkylation sites (tertiary alicyclic amines) is 1. The molecular formula is C14H29N3O2S. The Morgan fingerprint density at radius 3 is 2.20 bits per heavy atom. The Kier molecular flexibility index (Phi) is 5.84. The molecule has 0 atom stereocenters. The second kappa shape index (κ2) is 7.20. The van der Waals surface area contributed by atoms with Crippen LogP contribution in [0.2, 0.25) is 0 Å². The average molecular weight is 303 g/mol. The van der Waals surface area contributed by atoms with E-state index in [-0.39, 0.29) is 5.75 Å². The second-order valence-corrected chi connectivity index (χ2v) is 8.49. The Morgan fingerprint density at radius 1 is 1.05 bits per heavy atom. The Labute approximate surface area is 123 Å². The van der Waals surface area contributed by atoms with Crippen LogP contribution in [0.1, 0.15) is 32.6 Å². The van der Waals surface area contributed by atoms with Crippen LogP contribution in [0.15, 0.2) is 0 Å². The van der Waals surface area contributed by atoms with Crippen LogP contribution in [0.4, 0.5) is 0 Å². The molecule has 0 amide bonds. The van der Waals surface area contributed by atoms with Crippen LogP contribution in [-0.4, -0.2) is 69.2 Å². The number of sulfonamides is 1. The molecule has 118 valence electrons. The second-order valence-electron chi connectivity index (χ2n) is 6.23. The average Bonchev–Trinajstić information content (AvgIpc) is 2.47. The summed E-state index contributed by atoms with van der Waals surface area (Å²) >= 11 is 0. The first-order valence-corrected chi connectivity index (χ1v) is 9.52. The van der Waals surface area contributed by atoms with Crippen molar-refractivity contribution in [1.29, 1.82) is 0 Å². The van der Waals surface area contributed by atoms with E-state index in [1.165, 1.54) is 25.9 Å². The standard InChI is InChI=1S/C14H29N3O2S/c1-3-20(18,19)17-10-6-14(7-11-17)15-12-13-4-8-16(2)9-5-13/h13-15H,3-12H2,1-2H3. The molecule has 2 rings (SSSR count). The molecule has 0 aromatic rings. The lowest BCUT2D eigenvalue weighted by atomic mass is 9.96. The zero-order valence-electron chi connectivity index (χ0n) is 12.8. The third-order valence-corrected chi connectivity index (χ3v) is 6.63. The zero-order chi connectivity index (χ0) is 14.6. The highest BCUT2D eigenvalue weighted by Crippen LogP contribution is 2.18. The fourth-order valence-corrected chi connectivity index (χ4v) is 4.25. The van der Waals surface area contributed by atoms with Crippen molar-refractivity contribution in [2.24, 2.45) is 5.92 Å². The van der Waals surface area contributed by atoms with Gasteiger partial charge >= 0.3 is 0 Å². The number of hydrogen-bond acceptors (Lipinski definition) is 4. The van der Waals surface area contributed by atoms with Crippen LogP contribution in [0.25, 0.3) is 0 Å². The van der Waals surface area contributed by atoms with Gasteiger partial charge in [-0.2, -0.15) is 0 Å². The quantitative estimate of drug-likeness (QED) is 0.814. The molecular weight excluding hydrogens is 274 g/mol. The van der Waals surface area contributed by atoms with Gasteiger partial charge in [0, 0.05) is 19.1 Å². The van der Waals surface area contributed by atoms with E-state index in [4.69, 9.17) is 0 Å². The summed E-state index contributed by atoms with van der Waals surface area (Å²) in [6.07, 6.45) is 4.47. The van der Waals surface area contributed by atoms with Gasteiger partial charge in [-0.25, -0.2) is 12.7 Å². The maximum Gasteiger partial charge on any atom is 0.213 e. The van der Waals surface area contributed by atoms with E-state index >= 15 is 0 Å². The summed E-state index contributed by atoms with van der Waals surface area (Å²) in [4.78, 5) is 2.39. The van der Waals surface area contributed by atoms with Gasteiger partial charge in [0.25, 0.3) is 0 Å². The van der Waals surface area contributed by atoms with Crippen LogP contribution in [-0.2, 0) is 10.0 Å². The topological polar surface area (TPSA) is 52.7 Å². The van der Waals surface area contributed by atoms with Crippen LogP contribution >= 0.6 is 0 Å². The Hall–Kier alpha value is -0.170. The van der Waals surface area contributed by atoms with E-state index in [1.54, 1.807) is 11.2 Å². The van der Waals surface area contributed by atoms with Crippen molar-refractivity contribution >= 4 is 10.0 Å². The minimum Gasteiger partial charge on any atom is -0.314 e. The number of hydrogen-bond donors (Lipinski definition) is 1. The highest BCUT2D eigenvalue weighted by Gasteiger charge is 2.27. The molecule has 0 aromatic heterocycles. The molecule has 0 spiro atoms. The van der Waals surface area contributed by atoms with Crippen LogP contribution in [0.5, 0.6) is 0 Å². The first kappa shape index (κ1) is 16.2. The number of rotatable bonds is 5. The predicted octanol–water partition coefficient (Wildman–Crippen LogP) is 0.732. The van der Waals surface area contributed by atoms with E-state index < -0.39 is 10.0 Å². The molecule has 6 heteroatoms. The molecule has 0 saturated carbocycles. The Morgan fingerprint density at radius 2 is 1.65 bits per heavy atom. The minimum atomic E-state index is -2.99. The fraction of sp³-hybridized carbons (Fsp3) is 1.00. The molecule has 2 aliphatic rings. The largest absolute Gasteiger partial charge is 0.314 e. The molecule has 0 bridgehead atoms. The zero-order valence-corrected chi connectivity index (χ0v) is 13.7. The number of nitrogens with zero attached hydrogens (tertiary/aromatic N) is 2. The van der Waals surface area contributed by atoms with Gasteiger partial charge in [-0.1, -0.05) is 0 Å². The number of nitrogens with one attached hydrogen (secondary N) is 1. The van der Waals surface area contributed by atoms with Crippen molar-refractivity contribution in [1.82, 2.24) is 14.5 Å². The van der Waals surface area contributed by atoms with E-state index in [0.29, 0.717) is 19.1 Å². The Bertz CT molecular complexity index is 383. The monoisotopic (exact) mass is 303 g/mol. The smallest absolute Gasteiger partial charge is 0.213 e. The van der Waals surface area contributed by atoms with Crippen molar-refractivity contribution in [3.8, 4) is 0 Å². The lowest BCUT2D eigenvalue weighted by molar-refractivity contribution is 0.204. The molecule has 0 aromatic carbocycles. The summed E-state index contributed by atoms with van der Waals surface area (Å²) in [6, 6.07) is 0.498. The Balaban J connectivity index is 1.67. The third kappa shape index (κ3) is 4.41. The van der Waals surface area contributed by atoms with Gasteiger partial charge in [0.1, 0.15) is 0 Å². The summed E-state index contributed by atoms with van der Waals surface area (Å²) in [5, 5.41) is 3.66. The highest BCUT2D eigenvalue weighted by atomic mass is 32.2. The van der Waals surface area contributed by atoms with E-state index in [0.717, 1.165) is 25.3 Å². The molecule has 0 radical (unpaired) electrons. The fourth-order valence-electron chi connectivity index (χ4n) is 3.12. The summed E-state index contributed by atoms with van der Waals surface area (Å²) in [7, 11) is -0.798. The summed E-state index contributed by atoms with van der Waals surface area (Å²) in [5.41, 5.74) is 0. The van der Waals surface area contributed by atoms with Crippen LogP contribution in [0, 0.1) is 5.92 Å². The summed E-state index contributed by atoms with van der Waals surface area (Å²) in [5.74, 6) is 1.02. The maximum absolute atomic E-state index is 11.8. The minimum absolute atomic E-state index is 0.223. The molecule has 0 aliphatic carbocycles. The molecule has 2 fully saturated rings. The van der Waals surface area contributed by atoms with Gasteiger partial charge in [0.2, 0.25) is 10.0 Å². The summed E-state index contributed by atoms with van der Waals surface area (Å²) in [6.45, 7) is 6.60. The number of piperidine rings is 2. The predicted molar refractivity (Wildman–Crippen MR) is 82.3 cm³/mol. The van der Waals surface area contributed by atoms with Crippen LogP contribution in [0.3, 0.4) is 0 Å². The highest BCUT2D eigenvalue weighted by molar-refractivity contribution is 7.89. The van der Waals surface area contributed by atoms with Gasteiger partial charge in [0.15, 0.2) is 0 Å². The molecule has 0 unspecified atom stereocenters. The molecule has 5 nitrogen and oxygen atoms in total. The normalized spacial score (nSPS) is 25.1. The van der Waals surface area contributed by atoms with Crippen molar-refractivity contribution in [3.05, 3.63) is 0 Å². The van der Waals surface area contributed by atoms with E-state index in [2.05, 4.69) is 17.3 Å². The van der Waals surface area contributed by atoms with Gasteiger partial charge < -0.3 is 10.2 Å². The summed E-state index contributed by atoms with van der Waals surface area (Å²) < 4.78 is 25.2. The van der Waals surface area contributed by atoms with Gasteiger partial charge in [-0.05, 0) is 65.2 Å². The third-order valence-electron chi connectivity index (χ3n) is 4.75. The molecule has 2 heterocycles. The first-order chi connectivity index (χ1) is 9.51. The maximum atomic E-state index is 11.8. The van der Waals surface area contributed by atoms with Gasteiger partial charge in [-0.15, -0.1) is 0 Å². The SMILES string of the molecule is CCS(=O)(=O)N1CCC(NCC2CCN(C)CC2)CC1. The van der Waals surface area contributed by atoms with Crippen molar-refractivity contribution in [2.75, 3.05) is 45.5 Å². The van der Waals surface area contributed by atoms with Crippen LogP contribution < -0.4 is 5.32 Å². The lowest BCUT2D eigenvalue weighted by Gasteiger charge is -2.34. The van der Waals surface area contributed by atoms with Gasteiger partial charge in [-0.3, -0.25) is 0 Å².